The highest BCUT2D eigenvalue weighted by Gasteiger charge is 2.30. The number of aromatic nitrogens is 1. The fourth-order valence-electron chi connectivity index (χ4n) is 2.42. The van der Waals surface area contributed by atoms with Crippen LogP contribution in [-0.2, 0) is 14.8 Å². The molecule has 7 nitrogen and oxygen atoms in total. The van der Waals surface area contributed by atoms with Crippen molar-refractivity contribution in [3.05, 3.63) is 23.9 Å². The third-order valence-electron chi connectivity index (χ3n) is 3.36. The van der Waals surface area contributed by atoms with Gasteiger partial charge >= 0.3 is 0 Å². The van der Waals surface area contributed by atoms with Crippen molar-refractivity contribution in [3.8, 4) is 6.07 Å². The smallest absolute Gasteiger partial charge is 0.216 e. The van der Waals surface area contributed by atoms with E-state index < -0.39 is 10.0 Å². The molecule has 1 fully saturated rings. The largest absolute Gasteiger partial charge is 0.373 e. The summed E-state index contributed by atoms with van der Waals surface area (Å²) in [4.78, 5) is 4.04. The number of nitrogens with one attached hydrogen (secondary N) is 1. The summed E-state index contributed by atoms with van der Waals surface area (Å²) in [6.07, 6.45) is 1.35. The molecule has 1 aliphatic heterocycles. The molecule has 0 unspecified atom stereocenters. The number of pyridine rings is 1. The van der Waals surface area contributed by atoms with E-state index in [1.54, 1.807) is 18.3 Å². The molecule has 0 amide bonds. The molecule has 0 saturated carbocycles. The first-order valence-electron chi connectivity index (χ1n) is 7.14. The quantitative estimate of drug-likeness (QED) is 0.861. The minimum Gasteiger partial charge on any atom is -0.373 e. The van der Waals surface area contributed by atoms with Gasteiger partial charge < -0.3 is 10.1 Å². The Morgan fingerprint density at radius 2 is 2.14 bits per heavy atom. The monoisotopic (exact) mass is 324 g/mol. The third-order valence-corrected chi connectivity index (χ3v) is 5.17. The van der Waals surface area contributed by atoms with Gasteiger partial charge in [-0.2, -0.15) is 9.57 Å². The van der Waals surface area contributed by atoms with Gasteiger partial charge in [0.05, 0.1) is 23.5 Å². The normalized spacial score (nSPS) is 23.0. The van der Waals surface area contributed by atoms with E-state index in [2.05, 4.69) is 10.3 Å². The molecule has 1 N–H and O–H groups in total. The van der Waals surface area contributed by atoms with Gasteiger partial charge in [-0.1, -0.05) is 0 Å². The van der Waals surface area contributed by atoms with Crippen LogP contribution in [0.1, 0.15) is 19.4 Å². The molecular formula is C14H20N4O3S. The molecular weight excluding hydrogens is 304 g/mol. The Kier molecular flexibility index (Phi) is 5.34. The van der Waals surface area contributed by atoms with E-state index in [0.717, 1.165) is 0 Å². The maximum atomic E-state index is 12.4. The Labute approximate surface area is 131 Å². The Hall–Kier alpha value is -1.69. The molecule has 0 aromatic carbocycles. The second-order valence-electron chi connectivity index (χ2n) is 5.33. The van der Waals surface area contributed by atoms with Crippen LogP contribution < -0.4 is 5.32 Å². The Balaban J connectivity index is 1.94. The van der Waals surface area contributed by atoms with E-state index in [4.69, 9.17) is 10.00 Å². The van der Waals surface area contributed by atoms with E-state index >= 15 is 0 Å². The van der Waals surface area contributed by atoms with E-state index in [0.29, 0.717) is 24.5 Å². The van der Waals surface area contributed by atoms with Crippen LogP contribution in [0.2, 0.25) is 0 Å². The maximum Gasteiger partial charge on any atom is 0.216 e. The predicted octanol–water partition coefficient (Wildman–Crippen LogP) is 0.804. The molecule has 2 heterocycles. The summed E-state index contributed by atoms with van der Waals surface area (Å²) in [6, 6.07) is 5.31. The standard InChI is InChI=1S/C14H20N4O3S/c1-11-9-18(10-12(2)21-11)22(19,20)7-6-17-14-13(8-15)4-3-5-16-14/h3-5,11-12H,6-7,9-10H2,1-2H3,(H,16,17)/t11-,12+. The van der Waals surface area contributed by atoms with Gasteiger partial charge in [0.1, 0.15) is 11.9 Å². The van der Waals surface area contributed by atoms with Crippen LogP contribution in [0.4, 0.5) is 5.82 Å². The highest BCUT2D eigenvalue weighted by atomic mass is 32.2. The lowest BCUT2D eigenvalue weighted by molar-refractivity contribution is -0.0440. The number of hydrogen-bond donors (Lipinski definition) is 1. The highest BCUT2D eigenvalue weighted by molar-refractivity contribution is 7.89. The second kappa shape index (κ2) is 7.05. The second-order valence-corrected chi connectivity index (χ2v) is 7.42. The zero-order chi connectivity index (χ0) is 16.2. The number of sulfonamides is 1. The van der Waals surface area contributed by atoms with E-state index in [-0.39, 0.29) is 24.5 Å². The molecule has 1 aromatic heterocycles. The van der Waals surface area contributed by atoms with Crippen molar-refractivity contribution < 1.29 is 13.2 Å². The van der Waals surface area contributed by atoms with Crippen LogP contribution in [0.5, 0.6) is 0 Å². The summed E-state index contributed by atoms with van der Waals surface area (Å²) in [7, 11) is -3.36. The summed E-state index contributed by atoms with van der Waals surface area (Å²) >= 11 is 0. The average molecular weight is 324 g/mol. The summed E-state index contributed by atoms with van der Waals surface area (Å²) in [5.74, 6) is 0.359. The molecule has 22 heavy (non-hydrogen) atoms. The number of rotatable bonds is 5. The van der Waals surface area contributed by atoms with Gasteiger partial charge in [0.15, 0.2) is 0 Å². The fourth-order valence-corrected chi connectivity index (χ4v) is 3.91. The van der Waals surface area contributed by atoms with Crippen molar-refractivity contribution in [1.29, 1.82) is 5.26 Å². The number of morpholine rings is 1. The molecule has 0 aliphatic carbocycles. The highest BCUT2D eigenvalue weighted by Crippen LogP contribution is 2.15. The molecule has 120 valence electrons. The molecule has 1 saturated heterocycles. The van der Waals surface area contributed by atoms with Crippen LogP contribution in [-0.4, -0.2) is 55.3 Å². The predicted molar refractivity (Wildman–Crippen MR) is 82.8 cm³/mol. The lowest BCUT2D eigenvalue weighted by Gasteiger charge is -2.34. The van der Waals surface area contributed by atoms with Gasteiger partial charge in [-0.3, -0.25) is 0 Å². The first-order valence-corrected chi connectivity index (χ1v) is 8.75. The molecule has 1 aliphatic rings. The first kappa shape index (κ1) is 16.7. The Morgan fingerprint density at radius 3 is 2.77 bits per heavy atom. The SMILES string of the molecule is C[C@@H]1CN(S(=O)(=O)CCNc2ncccc2C#N)C[C@H](C)O1. The molecule has 0 radical (unpaired) electrons. The van der Waals surface area contributed by atoms with Crippen molar-refractivity contribution in [2.75, 3.05) is 30.7 Å². The van der Waals surface area contributed by atoms with Crippen LogP contribution in [0.25, 0.3) is 0 Å². The van der Waals surface area contributed by atoms with Gasteiger partial charge in [-0.05, 0) is 26.0 Å². The van der Waals surface area contributed by atoms with Crippen LogP contribution in [0.15, 0.2) is 18.3 Å². The van der Waals surface area contributed by atoms with Crippen molar-refractivity contribution in [3.63, 3.8) is 0 Å². The minimum absolute atomic E-state index is 0.0477. The number of anilines is 1. The summed E-state index contributed by atoms with van der Waals surface area (Å²) < 4.78 is 31.7. The number of nitrogens with zero attached hydrogens (tertiary/aromatic N) is 3. The molecule has 0 spiro atoms. The fraction of sp³-hybridized carbons (Fsp3) is 0.571. The topological polar surface area (TPSA) is 95.3 Å². The van der Waals surface area contributed by atoms with Gasteiger partial charge in [0.2, 0.25) is 10.0 Å². The Bertz CT molecular complexity index is 646. The van der Waals surface area contributed by atoms with Gasteiger partial charge in [-0.15, -0.1) is 0 Å². The van der Waals surface area contributed by atoms with Gasteiger partial charge in [0.25, 0.3) is 0 Å². The third kappa shape index (κ3) is 4.16. The van der Waals surface area contributed by atoms with E-state index in [9.17, 15) is 8.42 Å². The Morgan fingerprint density at radius 1 is 1.45 bits per heavy atom. The van der Waals surface area contributed by atoms with Gasteiger partial charge in [-0.25, -0.2) is 13.4 Å². The molecule has 1 aromatic rings. The summed E-state index contributed by atoms with van der Waals surface area (Å²) in [6.45, 7) is 4.68. The van der Waals surface area contributed by atoms with Crippen LogP contribution in [0, 0.1) is 11.3 Å². The first-order chi connectivity index (χ1) is 10.4. The number of hydrogen-bond acceptors (Lipinski definition) is 6. The molecule has 2 atom stereocenters. The van der Waals surface area contributed by atoms with Crippen molar-refractivity contribution in [2.24, 2.45) is 0 Å². The molecule has 8 heteroatoms. The zero-order valence-corrected chi connectivity index (χ0v) is 13.5. The maximum absolute atomic E-state index is 12.4. The van der Waals surface area contributed by atoms with Crippen molar-refractivity contribution in [1.82, 2.24) is 9.29 Å². The van der Waals surface area contributed by atoms with Crippen molar-refractivity contribution in [2.45, 2.75) is 26.1 Å². The lowest BCUT2D eigenvalue weighted by Crippen LogP contribution is -2.49. The van der Waals surface area contributed by atoms with E-state index in [1.807, 2.05) is 19.9 Å². The van der Waals surface area contributed by atoms with E-state index in [1.165, 1.54) is 4.31 Å². The number of ether oxygens (including phenoxy) is 1. The van der Waals surface area contributed by atoms with Gasteiger partial charge in [0, 0.05) is 25.8 Å². The number of nitriles is 1. The molecule has 0 bridgehead atoms. The zero-order valence-electron chi connectivity index (χ0n) is 12.7. The lowest BCUT2D eigenvalue weighted by atomic mass is 10.3. The minimum atomic E-state index is -3.36. The summed E-state index contributed by atoms with van der Waals surface area (Å²) in [5.41, 5.74) is 0.397. The average Bonchev–Trinajstić information content (AvgIpc) is 2.46. The van der Waals surface area contributed by atoms with Crippen LogP contribution in [0.3, 0.4) is 0 Å². The summed E-state index contributed by atoms with van der Waals surface area (Å²) in [5, 5.41) is 11.9. The van der Waals surface area contributed by atoms with Crippen LogP contribution >= 0.6 is 0 Å². The van der Waals surface area contributed by atoms with Crippen molar-refractivity contribution >= 4 is 15.8 Å². The molecule has 2 rings (SSSR count).